The molecule has 6 nitrogen and oxygen atoms in total. The third kappa shape index (κ3) is 6.14. The van der Waals surface area contributed by atoms with Gasteiger partial charge in [-0.3, -0.25) is 9.67 Å². The van der Waals surface area contributed by atoms with E-state index in [-0.39, 0.29) is 0 Å². The molecule has 0 aliphatic rings. The van der Waals surface area contributed by atoms with Gasteiger partial charge in [0.2, 0.25) is 0 Å². The van der Waals surface area contributed by atoms with Crippen molar-refractivity contribution in [3.63, 3.8) is 0 Å². The summed E-state index contributed by atoms with van der Waals surface area (Å²) in [4.78, 5) is 4.66. The fourth-order valence-electron chi connectivity index (χ4n) is 2.58. The quantitative estimate of drug-likeness (QED) is 0.569. The van der Waals surface area contributed by atoms with E-state index in [1.165, 1.54) is 11.1 Å². The Morgan fingerprint density at radius 2 is 2.08 bits per heavy atom. The lowest BCUT2D eigenvalue weighted by Crippen LogP contribution is -2.38. The number of guanidine groups is 1. The summed E-state index contributed by atoms with van der Waals surface area (Å²) in [5.41, 5.74) is 3.61. The van der Waals surface area contributed by atoms with Crippen LogP contribution in [0.5, 0.6) is 5.75 Å². The monoisotopic (exact) mass is 343 g/mol. The maximum Gasteiger partial charge on any atom is 0.191 e. The van der Waals surface area contributed by atoms with E-state index in [9.17, 15) is 0 Å². The van der Waals surface area contributed by atoms with Crippen molar-refractivity contribution in [2.24, 2.45) is 12.0 Å². The van der Waals surface area contributed by atoms with Gasteiger partial charge >= 0.3 is 0 Å². The molecule has 0 spiro atoms. The minimum atomic E-state index is 0.731. The van der Waals surface area contributed by atoms with Crippen LogP contribution in [0.1, 0.15) is 23.6 Å². The smallest absolute Gasteiger partial charge is 0.191 e. The Bertz CT molecular complexity index is 693. The third-order valence-corrected chi connectivity index (χ3v) is 3.95. The first-order valence-electron chi connectivity index (χ1n) is 8.75. The largest absolute Gasteiger partial charge is 0.496 e. The topological polar surface area (TPSA) is 63.5 Å². The number of aliphatic imine (C=N–C) groups is 1. The summed E-state index contributed by atoms with van der Waals surface area (Å²) in [6, 6.07) is 6.32. The van der Waals surface area contributed by atoms with Crippen LogP contribution in [-0.2, 0) is 19.9 Å². The first-order valence-corrected chi connectivity index (χ1v) is 8.75. The Balaban J connectivity index is 1.84. The van der Waals surface area contributed by atoms with Crippen molar-refractivity contribution < 1.29 is 4.74 Å². The van der Waals surface area contributed by atoms with Gasteiger partial charge in [-0.2, -0.15) is 5.10 Å². The average molecular weight is 343 g/mol. The van der Waals surface area contributed by atoms with Crippen LogP contribution in [0.4, 0.5) is 0 Å². The Hall–Kier alpha value is -2.50. The van der Waals surface area contributed by atoms with Gasteiger partial charge in [0, 0.05) is 32.9 Å². The van der Waals surface area contributed by atoms with Crippen LogP contribution in [-0.4, -0.2) is 42.5 Å². The summed E-state index contributed by atoms with van der Waals surface area (Å²) in [6.07, 6.45) is 5.75. The second kappa shape index (κ2) is 9.71. The number of hydrogen-bond acceptors (Lipinski definition) is 3. The molecule has 0 aliphatic carbocycles. The molecule has 0 saturated heterocycles. The molecule has 25 heavy (non-hydrogen) atoms. The van der Waals surface area contributed by atoms with E-state index in [0.717, 1.165) is 49.7 Å². The van der Waals surface area contributed by atoms with Crippen LogP contribution in [0.2, 0.25) is 0 Å². The summed E-state index contributed by atoms with van der Waals surface area (Å²) in [6.45, 7) is 6.53. The Kier molecular flexibility index (Phi) is 7.32. The van der Waals surface area contributed by atoms with Crippen molar-refractivity contribution in [3.05, 3.63) is 47.3 Å². The molecule has 2 rings (SSSR count). The minimum absolute atomic E-state index is 0.731. The Labute approximate surface area is 150 Å². The van der Waals surface area contributed by atoms with Gasteiger partial charge in [-0.05, 0) is 49.4 Å². The van der Waals surface area contributed by atoms with Gasteiger partial charge in [0.25, 0.3) is 0 Å². The number of nitrogens with zero attached hydrogens (tertiary/aromatic N) is 3. The highest BCUT2D eigenvalue weighted by Gasteiger charge is 2.02. The van der Waals surface area contributed by atoms with Crippen LogP contribution >= 0.6 is 0 Å². The molecule has 1 aromatic carbocycles. The molecule has 2 N–H and O–H groups in total. The van der Waals surface area contributed by atoms with E-state index in [1.807, 2.05) is 24.1 Å². The number of rotatable bonds is 8. The van der Waals surface area contributed by atoms with Crippen LogP contribution in [0.15, 0.2) is 35.6 Å². The summed E-state index contributed by atoms with van der Waals surface area (Å²) in [5, 5.41) is 10.8. The zero-order valence-electron chi connectivity index (χ0n) is 15.7. The van der Waals surface area contributed by atoms with Crippen molar-refractivity contribution in [1.29, 1.82) is 0 Å². The van der Waals surface area contributed by atoms with Crippen LogP contribution in [0.25, 0.3) is 0 Å². The molecule has 0 amide bonds. The third-order valence-electron chi connectivity index (χ3n) is 3.95. The number of ether oxygens (including phenoxy) is 1. The number of methoxy groups -OCH3 is 1. The fourth-order valence-corrected chi connectivity index (χ4v) is 2.58. The molecule has 1 heterocycles. The van der Waals surface area contributed by atoms with Crippen molar-refractivity contribution in [1.82, 2.24) is 20.4 Å². The summed E-state index contributed by atoms with van der Waals surface area (Å²) >= 11 is 0. The highest BCUT2D eigenvalue weighted by atomic mass is 16.5. The lowest BCUT2D eigenvalue weighted by molar-refractivity contribution is 0.411. The summed E-state index contributed by atoms with van der Waals surface area (Å²) in [5.74, 6) is 1.79. The van der Waals surface area contributed by atoms with E-state index in [1.54, 1.807) is 7.11 Å². The van der Waals surface area contributed by atoms with Crippen molar-refractivity contribution >= 4 is 5.96 Å². The minimum Gasteiger partial charge on any atom is -0.496 e. The molecule has 6 heteroatoms. The molecule has 0 fully saturated rings. The first-order chi connectivity index (χ1) is 12.1. The molecule has 0 aliphatic heterocycles. The van der Waals surface area contributed by atoms with Gasteiger partial charge in [-0.25, -0.2) is 0 Å². The normalized spacial score (nSPS) is 11.4. The number of aromatic nitrogens is 2. The molecule has 0 bridgehead atoms. The number of aryl methyl sites for hydroxylation is 2. The number of benzene rings is 1. The van der Waals surface area contributed by atoms with E-state index >= 15 is 0 Å². The van der Waals surface area contributed by atoms with E-state index in [2.05, 4.69) is 52.8 Å². The average Bonchev–Trinajstić information content (AvgIpc) is 3.01. The van der Waals surface area contributed by atoms with Crippen LogP contribution in [0, 0.1) is 6.92 Å². The van der Waals surface area contributed by atoms with Crippen LogP contribution < -0.4 is 15.4 Å². The van der Waals surface area contributed by atoms with Crippen molar-refractivity contribution in [2.45, 2.75) is 26.7 Å². The van der Waals surface area contributed by atoms with Gasteiger partial charge in [0.05, 0.1) is 13.3 Å². The predicted octanol–water partition coefficient (Wildman–Crippen LogP) is 2.08. The molecule has 0 radical (unpaired) electrons. The van der Waals surface area contributed by atoms with Gasteiger partial charge in [-0.1, -0.05) is 12.1 Å². The molecule has 136 valence electrons. The highest BCUT2D eigenvalue weighted by molar-refractivity contribution is 5.79. The zero-order valence-corrected chi connectivity index (χ0v) is 15.7. The summed E-state index contributed by atoms with van der Waals surface area (Å²) < 4.78 is 7.21. The van der Waals surface area contributed by atoms with E-state index in [0.29, 0.717) is 0 Å². The lowest BCUT2D eigenvalue weighted by Gasteiger charge is -2.11. The maximum absolute atomic E-state index is 5.38. The fraction of sp³-hybridized carbons (Fsp3) is 0.474. The van der Waals surface area contributed by atoms with Gasteiger partial charge in [0.15, 0.2) is 5.96 Å². The second-order valence-electron chi connectivity index (χ2n) is 6.01. The van der Waals surface area contributed by atoms with Crippen molar-refractivity contribution in [2.75, 3.05) is 26.7 Å². The van der Waals surface area contributed by atoms with Gasteiger partial charge < -0.3 is 15.4 Å². The van der Waals surface area contributed by atoms with Gasteiger partial charge in [-0.15, -0.1) is 0 Å². The van der Waals surface area contributed by atoms with E-state index in [4.69, 9.17) is 4.74 Å². The first kappa shape index (κ1) is 18.8. The summed E-state index contributed by atoms with van der Waals surface area (Å²) in [7, 11) is 3.64. The molecule has 0 unspecified atom stereocenters. The predicted molar refractivity (Wildman–Crippen MR) is 102 cm³/mol. The molecule has 2 aromatic rings. The molecular weight excluding hydrogens is 314 g/mol. The molecule has 0 saturated carbocycles. The Morgan fingerprint density at radius 1 is 1.24 bits per heavy atom. The van der Waals surface area contributed by atoms with Crippen molar-refractivity contribution in [3.8, 4) is 5.75 Å². The maximum atomic E-state index is 5.38. The number of hydrogen-bond donors (Lipinski definition) is 2. The Morgan fingerprint density at radius 3 is 2.76 bits per heavy atom. The standard InChI is InChI=1S/C19H29N5O/c1-5-20-19(22-11-9-17-13-23-24(3)14-17)21-10-8-16-7-6-15(2)18(12-16)25-4/h6-7,12-14H,5,8-11H2,1-4H3,(H2,20,21,22). The zero-order chi connectivity index (χ0) is 18.1. The highest BCUT2D eigenvalue weighted by Crippen LogP contribution is 2.19. The van der Waals surface area contributed by atoms with E-state index < -0.39 is 0 Å². The molecule has 0 atom stereocenters. The van der Waals surface area contributed by atoms with Crippen LogP contribution in [0.3, 0.4) is 0 Å². The molecular formula is C19H29N5O. The van der Waals surface area contributed by atoms with Gasteiger partial charge in [0.1, 0.15) is 5.75 Å². The number of nitrogens with one attached hydrogen (secondary N) is 2. The molecule has 1 aromatic heterocycles. The SMILES string of the molecule is CCNC(=NCCc1ccc(C)c(OC)c1)NCCc1cnn(C)c1. The second-order valence-corrected chi connectivity index (χ2v) is 6.01. The lowest BCUT2D eigenvalue weighted by atomic mass is 10.1.